The van der Waals surface area contributed by atoms with Gasteiger partial charge in [0.05, 0.1) is 13.7 Å². The second-order valence-electron chi connectivity index (χ2n) is 6.22. The Labute approximate surface area is 130 Å². The smallest absolute Gasteiger partial charge is 0.122 e. The van der Waals surface area contributed by atoms with Crippen molar-refractivity contribution in [2.24, 2.45) is 5.41 Å². The predicted octanol–water partition coefficient (Wildman–Crippen LogP) is 3.59. The van der Waals surface area contributed by atoms with Gasteiger partial charge in [0.2, 0.25) is 0 Å². The first-order chi connectivity index (χ1) is 10.0. The van der Waals surface area contributed by atoms with Gasteiger partial charge < -0.3 is 14.8 Å². The summed E-state index contributed by atoms with van der Waals surface area (Å²) in [6, 6.07) is 6.44. The third-order valence-electron chi connectivity index (χ3n) is 3.94. The van der Waals surface area contributed by atoms with Crippen LogP contribution >= 0.6 is 0 Å². The molecule has 1 N–H and O–H groups in total. The molecule has 1 atom stereocenters. The van der Waals surface area contributed by atoms with Crippen LogP contribution in [0.25, 0.3) is 0 Å². The fourth-order valence-corrected chi connectivity index (χ4v) is 2.91. The molecule has 0 saturated carbocycles. The molecule has 0 aliphatic carbocycles. The van der Waals surface area contributed by atoms with Crippen molar-refractivity contribution in [3.8, 4) is 5.75 Å². The summed E-state index contributed by atoms with van der Waals surface area (Å²) in [6.45, 7) is 9.41. The molecule has 21 heavy (non-hydrogen) atoms. The molecular weight excluding hydrogens is 262 g/mol. The highest BCUT2D eigenvalue weighted by molar-refractivity contribution is 5.37. The Kier molecular flexibility index (Phi) is 7.76. The largest absolute Gasteiger partial charge is 0.496 e. The molecule has 0 fully saturated rings. The number of benzene rings is 1. The van der Waals surface area contributed by atoms with E-state index in [0.717, 1.165) is 31.9 Å². The molecule has 3 heteroatoms. The lowest BCUT2D eigenvalue weighted by Crippen LogP contribution is -2.35. The van der Waals surface area contributed by atoms with E-state index < -0.39 is 0 Å². The Bertz CT molecular complexity index is 420. The molecule has 0 heterocycles. The van der Waals surface area contributed by atoms with Gasteiger partial charge in [0.25, 0.3) is 0 Å². The second kappa shape index (κ2) is 9.06. The van der Waals surface area contributed by atoms with Crippen molar-refractivity contribution in [2.45, 2.75) is 40.0 Å². The summed E-state index contributed by atoms with van der Waals surface area (Å²) in [5.74, 6) is 1.000. The van der Waals surface area contributed by atoms with E-state index in [2.05, 4.69) is 44.3 Å². The molecule has 0 aliphatic heterocycles. The molecule has 0 aromatic heterocycles. The minimum absolute atomic E-state index is 0.240. The van der Waals surface area contributed by atoms with E-state index in [1.807, 2.05) is 0 Å². The third-order valence-corrected chi connectivity index (χ3v) is 3.94. The maximum absolute atomic E-state index is 5.53. The first kappa shape index (κ1) is 18.0. The minimum Gasteiger partial charge on any atom is -0.496 e. The minimum atomic E-state index is 0.240. The van der Waals surface area contributed by atoms with Crippen LogP contribution in [0, 0.1) is 12.3 Å². The highest BCUT2D eigenvalue weighted by atomic mass is 16.5. The Morgan fingerprint density at radius 2 is 2.00 bits per heavy atom. The van der Waals surface area contributed by atoms with Gasteiger partial charge in [-0.15, -0.1) is 0 Å². The van der Waals surface area contributed by atoms with Crippen molar-refractivity contribution < 1.29 is 9.47 Å². The maximum atomic E-state index is 5.53. The van der Waals surface area contributed by atoms with Crippen LogP contribution in [0.4, 0.5) is 0 Å². The quantitative estimate of drug-likeness (QED) is 0.669. The highest BCUT2D eigenvalue weighted by Crippen LogP contribution is 2.32. The van der Waals surface area contributed by atoms with Crippen molar-refractivity contribution in [3.63, 3.8) is 0 Å². The molecule has 1 aromatic rings. The van der Waals surface area contributed by atoms with Gasteiger partial charge in [-0.1, -0.05) is 38.0 Å². The van der Waals surface area contributed by atoms with Crippen LogP contribution in [0.3, 0.4) is 0 Å². The van der Waals surface area contributed by atoms with E-state index in [0.29, 0.717) is 0 Å². The van der Waals surface area contributed by atoms with E-state index in [1.54, 1.807) is 14.2 Å². The number of nitrogens with one attached hydrogen (secondary N) is 1. The zero-order valence-electron chi connectivity index (χ0n) is 14.3. The van der Waals surface area contributed by atoms with Crippen LogP contribution in [-0.2, 0) is 11.2 Å². The molecule has 0 bridgehead atoms. The average Bonchev–Trinajstić information content (AvgIpc) is 2.44. The number of aryl methyl sites for hydroxylation is 1. The number of methoxy groups -OCH3 is 2. The summed E-state index contributed by atoms with van der Waals surface area (Å²) in [5.41, 5.74) is 2.84. The number of rotatable bonds is 10. The zero-order valence-corrected chi connectivity index (χ0v) is 14.3. The summed E-state index contributed by atoms with van der Waals surface area (Å²) < 4.78 is 10.6. The number of hydrogen-bond donors (Lipinski definition) is 1. The van der Waals surface area contributed by atoms with Gasteiger partial charge >= 0.3 is 0 Å². The van der Waals surface area contributed by atoms with Gasteiger partial charge in [0.1, 0.15) is 5.75 Å². The molecule has 0 saturated heterocycles. The van der Waals surface area contributed by atoms with E-state index in [-0.39, 0.29) is 5.41 Å². The summed E-state index contributed by atoms with van der Waals surface area (Å²) in [6.07, 6.45) is 3.42. The monoisotopic (exact) mass is 293 g/mol. The van der Waals surface area contributed by atoms with Crippen LogP contribution < -0.4 is 10.1 Å². The Balaban J connectivity index is 2.78. The van der Waals surface area contributed by atoms with Crippen molar-refractivity contribution in [3.05, 3.63) is 29.3 Å². The summed E-state index contributed by atoms with van der Waals surface area (Å²) in [4.78, 5) is 0. The summed E-state index contributed by atoms with van der Waals surface area (Å²) in [7, 11) is 3.49. The van der Waals surface area contributed by atoms with Gasteiger partial charge in [-0.25, -0.2) is 0 Å². The van der Waals surface area contributed by atoms with Gasteiger partial charge in [0, 0.05) is 20.2 Å². The van der Waals surface area contributed by atoms with Crippen molar-refractivity contribution in [1.29, 1.82) is 0 Å². The van der Waals surface area contributed by atoms with E-state index in [9.17, 15) is 0 Å². The second-order valence-corrected chi connectivity index (χ2v) is 6.22. The maximum Gasteiger partial charge on any atom is 0.122 e. The Morgan fingerprint density at radius 1 is 1.24 bits per heavy atom. The van der Waals surface area contributed by atoms with E-state index >= 15 is 0 Å². The zero-order chi connectivity index (χ0) is 15.7. The van der Waals surface area contributed by atoms with E-state index in [1.165, 1.54) is 24.0 Å². The lowest BCUT2D eigenvalue weighted by atomic mass is 9.79. The van der Waals surface area contributed by atoms with Crippen LogP contribution in [0.15, 0.2) is 18.2 Å². The fraction of sp³-hybridized carbons (Fsp3) is 0.667. The Morgan fingerprint density at radius 3 is 2.62 bits per heavy atom. The standard InChI is InChI=1S/C18H31NO2/c1-6-9-18(3,14-19-10-11-20-4)13-16-12-15(2)7-8-17(16)21-5/h7-8,12,19H,6,9-11,13-14H2,1-5H3. The molecule has 1 aromatic carbocycles. The van der Waals surface area contributed by atoms with Gasteiger partial charge in [0.15, 0.2) is 0 Å². The first-order valence-corrected chi connectivity index (χ1v) is 7.88. The first-order valence-electron chi connectivity index (χ1n) is 7.88. The predicted molar refractivity (Wildman–Crippen MR) is 89.2 cm³/mol. The fourth-order valence-electron chi connectivity index (χ4n) is 2.91. The molecule has 0 amide bonds. The van der Waals surface area contributed by atoms with Crippen molar-refractivity contribution >= 4 is 0 Å². The van der Waals surface area contributed by atoms with Gasteiger partial charge in [-0.05, 0) is 36.8 Å². The summed E-state index contributed by atoms with van der Waals surface area (Å²) in [5, 5.41) is 3.52. The van der Waals surface area contributed by atoms with Gasteiger partial charge in [-0.3, -0.25) is 0 Å². The number of hydrogen-bond acceptors (Lipinski definition) is 3. The van der Waals surface area contributed by atoms with Gasteiger partial charge in [-0.2, -0.15) is 0 Å². The molecule has 120 valence electrons. The molecule has 0 radical (unpaired) electrons. The number of ether oxygens (including phenoxy) is 2. The normalized spacial score (nSPS) is 14.0. The van der Waals surface area contributed by atoms with E-state index in [4.69, 9.17) is 9.47 Å². The summed E-state index contributed by atoms with van der Waals surface area (Å²) >= 11 is 0. The third kappa shape index (κ3) is 6.06. The lowest BCUT2D eigenvalue weighted by molar-refractivity contribution is 0.189. The highest BCUT2D eigenvalue weighted by Gasteiger charge is 2.25. The molecule has 1 rings (SSSR count). The van der Waals surface area contributed by atoms with Crippen molar-refractivity contribution in [1.82, 2.24) is 5.32 Å². The average molecular weight is 293 g/mol. The molecule has 0 spiro atoms. The van der Waals surface area contributed by atoms with Crippen LogP contribution in [0.2, 0.25) is 0 Å². The van der Waals surface area contributed by atoms with Crippen LogP contribution in [-0.4, -0.2) is 33.9 Å². The van der Waals surface area contributed by atoms with Crippen LogP contribution in [0.5, 0.6) is 5.75 Å². The molecule has 1 unspecified atom stereocenters. The Hall–Kier alpha value is -1.06. The molecular formula is C18H31NO2. The molecule has 0 aliphatic rings. The molecule has 3 nitrogen and oxygen atoms in total. The SMILES string of the molecule is CCCC(C)(CNCCOC)Cc1cc(C)ccc1OC. The lowest BCUT2D eigenvalue weighted by Gasteiger charge is -2.30. The van der Waals surface area contributed by atoms with Crippen LogP contribution in [0.1, 0.15) is 37.8 Å². The topological polar surface area (TPSA) is 30.5 Å². The van der Waals surface area contributed by atoms with Crippen molar-refractivity contribution in [2.75, 3.05) is 33.9 Å².